The van der Waals surface area contributed by atoms with Gasteiger partial charge < -0.3 is 19.9 Å². The van der Waals surface area contributed by atoms with Crippen molar-refractivity contribution in [2.45, 2.75) is 12.5 Å². The molecule has 0 aliphatic carbocycles. The Balaban J connectivity index is 1.55. The topological polar surface area (TPSA) is 74.4 Å². The van der Waals surface area contributed by atoms with E-state index < -0.39 is 6.04 Å². The Bertz CT molecular complexity index is 1060. The molecule has 2 amide bonds. The summed E-state index contributed by atoms with van der Waals surface area (Å²) < 4.78 is 5.20. The lowest BCUT2D eigenvalue weighted by atomic mass is 10.0. The van der Waals surface area contributed by atoms with Crippen LogP contribution in [0.2, 0.25) is 5.02 Å². The minimum atomic E-state index is -0.653. The molecule has 8 heteroatoms. The number of hydrogen-bond acceptors (Lipinski definition) is 4. The molecule has 1 fully saturated rings. The van der Waals surface area contributed by atoms with Crippen molar-refractivity contribution in [2.24, 2.45) is 0 Å². The van der Waals surface area contributed by atoms with Crippen molar-refractivity contribution in [3.8, 4) is 5.75 Å². The Morgan fingerprint density at radius 2 is 2.03 bits per heavy atom. The average Bonchev–Trinajstić information content (AvgIpc) is 3.43. The molecule has 0 bridgehead atoms. The molecule has 0 saturated carbocycles. The second kappa shape index (κ2) is 9.02. The van der Waals surface area contributed by atoms with Gasteiger partial charge in [0, 0.05) is 34.6 Å². The molecule has 30 heavy (non-hydrogen) atoms. The average molecular weight is 444 g/mol. The highest BCUT2D eigenvalue weighted by Crippen LogP contribution is 2.21. The fourth-order valence-electron chi connectivity index (χ4n) is 3.47. The normalized spacial score (nSPS) is 14.7. The van der Waals surface area contributed by atoms with Crippen molar-refractivity contribution in [3.63, 3.8) is 0 Å². The molecule has 6 nitrogen and oxygen atoms in total. The van der Waals surface area contributed by atoms with E-state index in [0.717, 1.165) is 28.0 Å². The number of fused-ring (bicyclic) bond motifs is 1. The molecule has 0 spiro atoms. The van der Waals surface area contributed by atoms with E-state index in [-0.39, 0.29) is 11.8 Å². The summed E-state index contributed by atoms with van der Waals surface area (Å²) >= 11 is 7.76. The van der Waals surface area contributed by atoms with Crippen molar-refractivity contribution in [1.29, 1.82) is 0 Å². The number of methoxy groups -OCH3 is 1. The third kappa shape index (κ3) is 4.57. The second-order valence-electron chi connectivity index (χ2n) is 7.13. The smallest absolute Gasteiger partial charge is 0.268 e. The predicted molar refractivity (Wildman–Crippen MR) is 120 cm³/mol. The summed E-state index contributed by atoms with van der Waals surface area (Å²) in [5.74, 6) is 1.93. The molecule has 1 atom stereocenters. The minimum absolute atomic E-state index is 0.0664. The van der Waals surface area contributed by atoms with E-state index in [9.17, 15) is 9.59 Å². The van der Waals surface area contributed by atoms with Crippen LogP contribution in [0.15, 0.2) is 48.5 Å². The van der Waals surface area contributed by atoms with Crippen LogP contribution in [0.5, 0.6) is 5.75 Å². The minimum Gasteiger partial charge on any atom is -0.497 e. The van der Waals surface area contributed by atoms with Gasteiger partial charge in [-0.15, -0.1) is 11.8 Å². The number of hydrogen-bond donors (Lipinski definition) is 2. The van der Waals surface area contributed by atoms with Crippen molar-refractivity contribution >= 4 is 46.1 Å². The standard InChI is InChI=1S/C22H22ClN3O3S/c1-29-17-5-2-14(3-6-17)10-20(22(28)26-8-9-30-13-26)25-21(27)19-12-15-11-16(23)4-7-18(15)24-19/h2-7,11-12,20,24H,8-10,13H2,1H3,(H,25,27)/t20-/m0/s1. The van der Waals surface area contributed by atoms with Gasteiger partial charge in [0.15, 0.2) is 0 Å². The van der Waals surface area contributed by atoms with Gasteiger partial charge in [-0.2, -0.15) is 0 Å². The van der Waals surface area contributed by atoms with Gasteiger partial charge in [-0.3, -0.25) is 9.59 Å². The van der Waals surface area contributed by atoms with Gasteiger partial charge in [0.1, 0.15) is 17.5 Å². The summed E-state index contributed by atoms with van der Waals surface area (Å²) in [7, 11) is 1.61. The number of amides is 2. The van der Waals surface area contributed by atoms with Crippen LogP contribution in [0.25, 0.3) is 10.9 Å². The number of benzene rings is 2. The van der Waals surface area contributed by atoms with E-state index >= 15 is 0 Å². The van der Waals surface area contributed by atoms with Gasteiger partial charge in [-0.05, 0) is 42.0 Å². The Kier molecular flexibility index (Phi) is 6.20. The monoisotopic (exact) mass is 443 g/mol. The first-order valence-corrected chi connectivity index (χ1v) is 11.2. The fraction of sp³-hybridized carbons (Fsp3) is 0.273. The Morgan fingerprint density at radius 1 is 1.23 bits per heavy atom. The fourth-order valence-corrected chi connectivity index (χ4v) is 4.60. The van der Waals surface area contributed by atoms with Crippen molar-refractivity contribution in [2.75, 3.05) is 25.3 Å². The number of aromatic nitrogens is 1. The van der Waals surface area contributed by atoms with E-state index in [4.69, 9.17) is 16.3 Å². The number of thioether (sulfide) groups is 1. The lowest BCUT2D eigenvalue weighted by Gasteiger charge is -2.23. The van der Waals surface area contributed by atoms with Crippen LogP contribution in [-0.2, 0) is 11.2 Å². The quantitative estimate of drug-likeness (QED) is 0.609. The molecule has 2 aromatic carbocycles. The summed E-state index contributed by atoms with van der Waals surface area (Å²) in [4.78, 5) is 30.9. The van der Waals surface area contributed by atoms with Gasteiger partial charge in [-0.1, -0.05) is 23.7 Å². The molecular formula is C22H22ClN3O3S. The number of nitrogens with zero attached hydrogens (tertiary/aromatic N) is 1. The lowest BCUT2D eigenvalue weighted by molar-refractivity contribution is -0.131. The van der Waals surface area contributed by atoms with Crippen LogP contribution in [-0.4, -0.2) is 53.0 Å². The van der Waals surface area contributed by atoms with Gasteiger partial charge in [0.05, 0.1) is 13.0 Å². The first kappa shape index (κ1) is 20.6. The van der Waals surface area contributed by atoms with E-state index in [2.05, 4.69) is 10.3 Å². The molecule has 4 rings (SSSR count). The summed E-state index contributed by atoms with van der Waals surface area (Å²) in [5, 5.41) is 4.38. The van der Waals surface area contributed by atoms with Crippen molar-refractivity contribution < 1.29 is 14.3 Å². The maximum atomic E-state index is 13.1. The highest BCUT2D eigenvalue weighted by atomic mass is 35.5. The number of carbonyl (C=O) groups excluding carboxylic acids is 2. The SMILES string of the molecule is COc1ccc(C[C@H](NC(=O)c2cc3cc(Cl)ccc3[nH]2)C(=O)N2CCSC2)cc1. The molecule has 0 unspecified atom stereocenters. The molecule has 3 aromatic rings. The number of H-pyrrole nitrogens is 1. The number of halogens is 1. The largest absolute Gasteiger partial charge is 0.497 e. The molecule has 1 aromatic heterocycles. The summed E-state index contributed by atoms with van der Waals surface area (Å²) in [6, 6.07) is 14.0. The third-order valence-corrected chi connectivity index (χ3v) is 6.29. The summed E-state index contributed by atoms with van der Waals surface area (Å²) in [6.45, 7) is 0.698. The van der Waals surface area contributed by atoms with E-state index in [1.54, 1.807) is 42.0 Å². The Hall–Kier alpha value is -2.64. The zero-order valence-corrected chi connectivity index (χ0v) is 18.1. The van der Waals surface area contributed by atoms with E-state index in [1.807, 2.05) is 30.3 Å². The first-order chi connectivity index (χ1) is 14.5. The van der Waals surface area contributed by atoms with Crippen molar-refractivity contribution in [1.82, 2.24) is 15.2 Å². The molecule has 1 saturated heterocycles. The second-order valence-corrected chi connectivity index (χ2v) is 8.64. The number of aromatic amines is 1. The van der Waals surface area contributed by atoms with Gasteiger partial charge in [0.25, 0.3) is 5.91 Å². The summed E-state index contributed by atoms with van der Waals surface area (Å²) in [6.07, 6.45) is 0.405. The Morgan fingerprint density at radius 3 is 2.73 bits per heavy atom. The molecule has 1 aliphatic rings. The molecule has 2 heterocycles. The van der Waals surface area contributed by atoms with E-state index in [0.29, 0.717) is 29.6 Å². The highest BCUT2D eigenvalue weighted by molar-refractivity contribution is 7.99. The first-order valence-electron chi connectivity index (χ1n) is 9.62. The zero-order valence-electron chi connectivity index (χ0n) is 16.5. The lowest BCUT2D eigenvalue weighted by Crippen LogP contribution is -2.49. The maximum absolute atomic E-state index is 13.1. The van der Waals surface area contributed by atoms with Crippen LogP contribution >= 0.6 is 23.4 Å². The zero-order chi connectivity index (χ0) is 21.1. The maximum Gasteiger partial charge on any atom is 0.268 e. The number of rotatable bonds is 6. The van der Waals surface area contributed by atoms with Crippen LogP contribution in [0, 0.1) is 0 Å². The summed E-state index contributed by atoms with van der Waals surface area (Å²) in [5.41, 5.74) is 2.17. The van der Waals surface area contributed by atoms with Gasteiger partial charge in [-0.25, -0.2) is 0 Å². The van der Waals surface area contributed by atoms with Gasteiger partial charge in [0.2, 0.25) is 5.91 Å². The number of carbonyl (C=O) groups is 2. The predicted octanol–water partition coefficient (Wildman–Crippen LogP) is 3.70. The number of nitrogens with one attached hydrogen (secondary N) is 2. The van der Waals surface area contributed by atoms with Crippen LogP contribution in [0.3, 0.4) is 0 Å². The van der Waals surface area contributed by atoms with E-state index in [1.165, 1.54) is 0 Å². The molecule has 0 radical (unpaired) electrons. The molecule has 1 aliphatic heterocycles. The van der Waals surface area contributed by atoms with Crippen LogP contribution in [0.4, 0.5) is 0 Å². The molecule has 156 valence electrons. The molecule has 2 N–H and O–H groups in total. The third-order valence-electron chi connectivity index (χ3n) is 5.09. The van der Waals surface area contributed by atoms with Crippen LogP contribution in [0.1, 0.15) is 16.1 Å². The van der Waals surface area contributed by atoms with Gasteiger partial charge >= 0.3 is 0 Å². The van der Waals surface area contributed by atoms with Crippen molar-refractivity contribution in [3.05, 3.63) is 64.8 Å². The molecular weight excluding hydrogens is 422 g/mol. The highest BCUT2D eigenvalue weighted by Gasteiger charge is 2.29. The van der Waals surface area contributed by atoms with Crippen LogP contribution < -0.4 is 10.1 Å². The number of ether oxygens (including phenoxy) is 1. The Labute approximate surface area is 183 Å².